The van der Waals surface area contributed by atoms with Crippen LogP contribution in [-0.4, -0.2) is 11.9 Å². The number of rotatable bonds is 2. The normalized spacial score (nSPS) is 18.2. The lowest BCUT2D eigenvalue weighted by Crippen LogP contribution is -2.22. The van der Waals surface area contributed by atoms with Crippen LogP contribution in [0.2, 0.25) is 0 Å². The van der Waals surface area contributed by atoms with Crippen LogP contribution < -0.4 is 10.6 Å². The van der Waals surface area contributed by atoms with Crippen LogP contribution in [0.4, 0.5) is 4.79 Å². The Morgan fingerprint density at radius 2 is 1.82 bits per heavy atom. The van der Waals surface area contributed by atoms with Crippen molar-refractivity contribution in [3.8, 4) is 0 Å². The highest BCUT2D eigenvalue weighted by molar-refractivity contribution is 6.11. The second-order valence-electron chi connectivity index (χ2n) is 3.77. The van der Waals surface area contributed by atoms with Crippen LogP contribution in [0, 0.1) is 0 Å². The maximum Gasteiger partial charge on any atom is 0.326 e. The Kier molecular flexibility index (Phi) is 3.05. The molecular weight excluding hydrogens is 216 g/mol. The molecule has 1 heterocycles. The molecule has 1 aromatic rings. The number of allylic oxidation sites excluding steroid dienone is 2. The van der Waals surface area contributed by atoms with Crippen LogP contribution in [0.1, 0.15) is 12.5 Å². The fourth-order valence-electron chi connectivity index (χ4n) is 1.56. The average Bonchev–Trinajstić information content (AvgIpc) is 2.58. The highest BCUT2D eigenvalue weighted by Crippen LogP contribution is 2.09. The maximum absolute atomic E-state index is 11.3. The molecule has 1 aromatic carbocycles. The van der Waals surface area contributed by atoms with Crippen molar-refractivity contribution in [1.29, 1.82) is 0 Å². The van der Waals surface area contributed by atoms with Gasteiger partial charge in [0, 0.05) is 0 Å². The van der Waals surface area contributed by atoms with Crippen LogP contribution >= 0.6 is 0 Å². The third-order valence-corrected chi connectivity index (χ3v) is 2.29. The van der Waals surface area contributed by atoms with Gasteiger partial charge in [0.25, 0.3) is 5.91 Å². The minimum absolute atomic E-state index is 0.277. The van der Waals surface area contributed by atoms with Crippen molar-refractivity contribution in [3.05, 3.63) is 53.2 Å². The Bertz CT molecular complexity index is 515. The molecule has 0 spiro atoms. The van der Waals surface area contributed by atoms with Gasteiger partial charge in [-0.05, 0) is 24.1 Å². The molecule has 2 N–H and O–H groups in total. The number of benzene rings is 1. The number of amides is 3. The smallest absolute Gasteiger partial charge is 0.303 e. The summed E-state index contributed by atoms with van der Waals surface area (Å²) in [5.41, 5.74) is 2.22. The fourth-order valence-corrected chi connectivity index (χ4v) is 1.56. The zero-order chi connectivity index (χ0) is 12.3. The summed E-state index contributed by atoms with van der Waals surface area (Å²) in [6.45, 7) is 1.87. The quantitative estimate of drug-likeness (QED) is 0.599. The first-order valence-electron chi connectivity index (χ1n) is 5.22. The molecule has 0 aromatic heterocycles. The highest BCUT2D eigenvalue weighted by Gasteiger charge is 2.22. The lowest BCUT2D eigenvalue weighted by atomic mass is 10.1. The van der Waals surface area contributed by atoms with E-state index < -0.39 is 11.9 Å². The summed E-state index contributed by atoms with van der Waals surface area (Å²) in [6, 6.07) is 9.28. The van der Waals surface area contributed by atoms with Gasteiger partial charge < -0.3 is 5.32 Å². The zero-order valence-corrected chi connectivity index (χ0v) is 9.36. The first kappa shape index (κ1) is 11.1. The van der Waals surface area contributed by atoms with E-state index in [4.69, 9.17) is 0 Å². The summed E-state index contributed by atoms with van der Waals surface area (Å²) in [7, 11) is 0. The Morgan fingerprint density at radius 1 is 1.12 bits per heavy atom. The number of urea groups is 1. The molecule has 0 atom stereocenters. The van der Waals surface area contributed by atoms with E-state index in [0.29, 0.717) is 0 Å². The molecule has 1 aliphatic heterocycles. The molecule has 1 aliphatic rings. The Balaban J connectivity index is 2.19. The van der Waals surface area contributed by atoms with Gasteiger partial charge in [0.2, 0.25) is 0 Å². The Morgan fingerprint density at radius 3 is 2.41 bits per heavy atom. The minimum Gasteiger partial charge on any atom is -0.303 e. The van der Waals surface area contributed by atoms with Crippen molar-refractivity contribution in [2.24, 2.45) is 0 Å². The Labute approximate surface area is 99.0 Å². The number of nitrogens with one attached hydrogen (secondary N) is 2. The number of carbonyl (C=O) groups excluding carboxylic acids is 2. The molecule has 0 bridgehead atoms. The second kappa shape index (κ2) is 4.65. The van der Waals surface area contributed by atoms with Gasteiger partial charge in [-0.2, -0.15) is 0 Å². The van der Waals surface area contributed by atoms with Crippen LogP contribution in [0.25, 0.3) is 6.08 Å². The van der Waals surface area contributed by atoms with Gasteiger partial charge in [0.15, 0.2) is 0 Å². The molecule has 86 valence electrons. The molecule has 0 aliphatic carbocycles. The first-order valence-corrected chi connectivity index (χ1v) is 5.22. The second-order valence-corrected chi connectivity index (χ2v) is 3.77. The molecule has 2 rings (SSSR count). The van der Waals surface area contributed by atoms with Crippen molar-refractivity contribution in [2.45, 2.75) is 6.92 Å². The molecule has 3 amide bonds. The van der Waals surface area contributed by atoms with Gasteiger partial charge in [-0.25, -0.2) is 4.79 Å². The van der Waals surface area contributed by atoms with Gasteiger partial charge >= 0.3 is 6.03 Å². The van der Waals surface area contributed by atoms with Crippen LogP contribution in [0.5, 0.6) is 0 Å². The predicted molar refractivity (Wildman–Crippen MR) is 64.9 cm³/mol. The average molecular weight is 228 g/mol. The van der Waals surface area contributed by atoms with E-state index in [-0.39, 0.29) is 5.70 Å². The number of hydrogen-bond donors (Lipinski definition) is 2. The lowest BCUT2D eigenvalue weighted by molar-refractivity contribution is -0.115. The van der Waals surface area contributed by atoms with Crippen molar-refractivity contribution in [1.82, 2.24) is 10.6 Å². The van der Waals surface area contributed by atoms with Crippen LogP contribution in [0.3, 0.4) is 0 Å². The molecule has 17 heavy (non-hydrogen) atoms. The molecule has 0 unspecified atom stereocenters. The standard InChI is InChI=1S/C13H12N2O2/c1-9(7-10-5-3-2-4-6-10)8-11-12(16)15-13(17)14-11/h2-8H,1H3,(H2,14,15,16,17). The largest absolute Gasteiger partial charge is 0.326 e. The minimum atomic E-state index is -0.478. The third-order valence-electron chi connectivity index (χ3n) is 2.29. The van der Waals surface area contributed by atoms with Gasteiger partial charge in [-0.15, -0.1) is 0 Å². The van der Waals surface area contributed by atoms with Gasteiger partial charge in [-0.1, -0.05) is 36.4 Å². The lowest BCUT2D eigenvalue weighted by Gasteiger charge is -1.97. The van der Waals surface area contributed by atoms with Crippen molar-refractivity contribution in [3.63, 3.8) is 0 Å². The monoisotopic (exact) mass is 228 g/mol. The van der Waals surface area contributed by atoms with E-state index in [1.54, 1.807) is 6.08 Å². The van der Waals surface area contributed by atoms with Gasteiger partial charge in [0.1, 0.15) is 5.70 Å². The molecule has 0 saturated carbocycles. The topological polar surface area (TPSA) is 58.2 Å². The number of carbonyl (C=O) groups is 2. The maximum atomic E-state index is 11.3. The Hall–Kier alpha value is -2.36. The van der Waals surface area contributed by atoms with E-state index in [9.17, 15) is 9.59 Å². The fraction of sp³-hybridized carbons (Fsp3) is 0.0769. The van der Waals surface area contributed by atoms with Crippen molar-refractivity contribution in [2.75, 3.05) is 0 Å². The van der Waals surface area contributed by atoms with Gasteiger partial charge in [-0.3, -0.25) is 10.1 Å². The molecule has 1 saturated heterocycles. The van der Waals surface area contributed by atoms with Crippen molar-refractivity contribution < 1.29 is 9.59 Å². The molecular formula is C13H12N2O2. The van der Waals surface area contributed by atoms with Gasteiger partial charge in [0.05, 0.1) is 0 Å². The molecule has 4 nitrogen and oxygen atoms in total. The van der Waals surface area contributed by atoms with Crippen LogP contribution in [-0.2, 0) is 4.79 Å². The van der Waals surface area contributed by atoms with Crippen molar-refractivity contribution >= 4 is 18.0 Å². The number of imide groups is 1. The summed E-state index contributed by atoms with van der Waals surface area (Å²) >= 11 is 0. The zero-order valence-electron chi connectivity index (χ0n) is 9.36. The highest BCUT2D eigenvalue weighted by atomic mass is 16.2. The summed E-state index contributed by atoms with van der Waals surface area (Å²) in [4.78, 5) is 22.2. The SMILES string of the molecule is CC(=Cc1ccccc1)C=C1NC(=O)NC1=O. The predicted octanol–water partition coefficient (Wildman–Crippen LogP) is 1.81. The third kappa shape index (κ3) is 2.81. The molecule has 0 radical (unpaired) electrons. The van der Waals surface area contributed by atoms with E-state index in [1.165, 1.54) is 0 Å². The van der Waals surface area contributed by atoms with E-state index >= 15 is 0 Å². The summed E-state index contributed by atoms with van der Waals surface area (Å²) in [6.07, 6.45) is 3.58. The summed E-state index contributed by atoms with van der Waals surface area (Å²) in [5, 5.41) is 4.59. The summed E-state index contributed by atoms with van der Waals surface area (Å²) < 4.78 is 0. The van der Waals surface area contributed by atoms with E-state index in [2.05, 4.69) is 10.6 Å². The van der Waals surface area contributed by atoms with E-state index in [0.717, 1.165) is 11.1 Å². The van der Waals surface area contributed by atoms with Crippen LogP contribution in [0.15, 0.2) is 47.7 Å². The molecule has 1 fully saturated rings. The molecule has 4 heteroatoms. The summed E-state index contributed by atoms with van der Waals surface area (Å²) in [5.74, 6) is -0.393. The van der Waals surface area contributed by atoms with E-state index in [1.807, 2.05) is 43.3 Å². The first-order chi connectivity index (χ1) is 8.15. The number of hydrogen-bond acceptors (Lipinski definition) is 2.